The molecule has 0 bridgehead atoms. The molecule has 0 fully saturated rings. The minimum atomic E-state index is -0.491. The second kappa shape index (κ2) is 6.65. The molecule has 140 valence electrons. The summed E-state index contributed by atoms with van der Waals surface area (Å²) in [5.41, 5.74) is 3.28. The highest BCUT2D eigenvalue weighted by Gasteiger charge is 2.34. The maximum absolute atomic E-state index is 10.8. The van der Waals surface area contributed by atoms with Gasteiger partial charge in [0.25, 0.3) is 0 Å². The lowest BCUT2D eigenvalue weighted by atomic mass is 10.1. The minimum absolute atomic E-state index is 0.172. The van der Waals surface area contributed by atoms with Crippen LogP contribution in [0.1, 0.15) is 17.2 Å². The van der Waals surface area contributed by atoms with Crippen LogP contribution in [0.4, 0.5) is 0 Å². The van der Waals surface area contributed by atoms with Gasteiger partial charge in [0.15, 0.2) is 11.6 Å². The summed E-state index contributed by atoms with van der Waals surface area (Å²) in [6, 6.07) is 15.8. The summed E-state index contributed by atoms with van der Waals surface area (Å²) in [6.45, 7) is 0. The van der Waals surface area contributed by atoms with Gasteiger partial charge in [-0.05, 0) is 35.4 Å². The van der Waals surface area contributed by atoms with E-state index in [0.717, 1.165) is 28.6 Å². The van der Waals surface area contributed by atoms with Crippen molar-refractivity contribution >= 4 is 0 Å². The number of methoxy groups -OCH3 is 1. The number of fused-ring (bicyclic) bond motifs is 1. The van der Waals surface area contributed by atoms with Gasteiger partial charge >= 0.3 is 0 Å². The summed E-state index contributed by atoms with van der Waals surface area (Å²) in [4.78, 5) is 9.13. The first kappa shape index (κ1) is 16.8. The molecule has 2 atom stereocenters. The average Bonchev–Trinajstić information content (AvgIpc) is 3.44. The molecule has 28 heavy (non-hydrogen) atoms. The SMILES string of the molecule is COc1ccc(-n2ccnc2-c2nccn2C2c3ccccc3CC2O)cc1. The average molecular weight is 372 g/mol. The molecule has 2 aromatic carbocycles. The Morgan fingerprint density at radius 1 is 0.964 bits per heavy atom. The van der Waals surface area contributed by atoms with Crippen LogP contribution in [0.5, 0.6) is 5.75 Å². The molecule has 6 heteroatoms. The van der Waals surface area contributed by atoms with E-state index in [2.05, 4.69) is 22.1 Å². The molecule has 1 aliphatic rings. The molecule has 0 spiro atoms. The van der Waals surface area contributed by atoms with Crippen LogP contribution in [0.25, 0.3) is 17.3 Å². The highest BCUT2D eigenvalue weighted by Crippen LogP contribution is 2.37. The number of nitrogens with zero attached hydrogens (tertiary/aromatic N) is 4. The molecule has 0 aliphatic heterocycles. The molecular formula is C22H20N4O2. The van der Waals surface area contributed by atoms with Gasteiger partial charge in [0, 0.05) is 36.9 Å². The molecule has 2 unspecified atom stereocenters. The molecule has 6 nitrogen and oxygen atoms in total. The fourth-order valence-electron chi connectivity index (χ4n) is 4.02. The zero-order valence-corrected chi connectivity index (χ0v) is 15.4. The Labute approximate surface area is 162 Å². The molecule has 0 saturated heterocycles. The zero-order chi connectivity index (χ0) is 19.1. The number of aliphatic hydroxyl groups is 1. The predicted octanol–water partition coefficient (Wildman–Crippen LogP) is 3.25. The van der Waals surface area contributed by atoms with Gasteiger partial charge in [-0.2, -0.15) is 0 Å². The van der Waals surface area contributed by atoms with Crippen molar-refractivity contribution in [2.24, 2.45) is 0 Å². The van der Waals surface area contributed by atoms with Crippen molar-refractivity contribution < 1.29 is 9.84 Å². The minimum Gasteiger partial charge on any atom is -0.497 e. The molecule has 0 radical (unpaired) electrons. The smallest absolute Gasteiger partial charge is 0.181 e. The number of imidazole rings is 2. The standard InChI is InChI=1S/C22H20N4O2/c1-28-17-8-6-16(7-9-17)25-12-10-23-21(25)22-24-11-13-26(22)20-18-5-3-2-4-15(18)14-19(20)27/h2-13,19-20,27H,14H2,1H3. The number of rotatable bonds is 4. The Morgan fingerprint density at radius 2 is 1.71 bits per heavy atom. The number of benzene rings is 2. The third kappa shape index (κ3) is 2.61. The largest absolute Gasteiger partial charge is 0.497 e. The first-order chi connectivity index (χ1) is 13.8. The molecule has 1 aliphatic carbocycles. The number of ether oxygens (including phenoxy) is 1. The van der Waals surface area contributed by atoms with Gasteiger partial charge in [-0.15, -0.1) is 0 Å². The van der Waals surface area contributed by atoms with Gasteiger partial charge in [-0.25, -0.2) is 9.97 Å². The van der Waals surface area contributed by atoms with Crippen molar-refractivity contribution in [3.63, 3.8) is 0 Å². The first-order valence-electron chi connectivity index (χ1n) is 9.23. The molecule has 2 aromatic heterocycles. The summed E-state index contributed by atoms with van der Waals surface area (Å²) >= 11 is 0. The second-order valence-corrected chi connectivity index (χ2v) is 6.89. The third-order valence-electron chi connectivity index (χ3n) is 5.33. The number of hydrogen-bond acceptors (Lipinski definition) is 4. The van der Waals surface area contributed by atoms with Crippen LogP contribution in [0.15, 0.2) is 73.3 Å². The van der Waals surface area contributed by atoms with E-state index >= 15 is 0 Å². The molecule has 4 aromatic rings. The quantitative estimate of drug-likeness (QED) is 0.597. The lowest BCUT2D eigenvalue weighted by molar-refractivity contribution is 0.145. The van der Waals surface area contributed by atoms with E-state index in [1.807, 2.05) is 57.9 Å². The van der Waals surface area contributed by atoms with Crippen LogP contribution in [-0.2, 0) is 6.42 Å². The second-order valence-electron chi connectivity index (χ2n) is 6.89. The molecular weight excluding hydrogens is 352 g/mol. The molecule has 2 heterocycles. The monoisotopic (exact) mass is 372 g/mol. The summed E-state index contributed by atoms with van der Waals surface area (Å²) < 4.78 is 9.27. The molecule has 1 N–H and O–H groups in total. The Kier molecular flexibility index (Phi) is 3.98. The fraction of sp³-hybridized carbons (Fsp3) is 0.182. The highest BCUT2D eigenvalue weighted by atomic mass is 16.5. The zero-order valence-electron chi connectivity index (χ0n) is 15.4. The summed E-state index contributed by atoms with van der Waals surface area (Å²) in [5, 5.41) is 10.8. The van der Waals surface area contributed by atoms with E-state index in [1.165, 1.54) is 5.56 Å². The maximum Gasteiger partial charge on any atom is 0.181 e. The van der Waals surface area contributed by atoms with E-state index in [9.17, 15) is 5.11 Å². The Balaban J connectivity index is 1.59. The summed E-state index contributed by atoms with van der Waals surface area (Å²) in [7, 11) is 1.65. The van der Waals surface area contributed by atoms with Gasteiger partial charge in [0.2, 0.25) is 0 Å². The van der Waals surface area contributed by atoms with Crippen LogP contribution < -0.4 is 4.74 Å². The van der Waals surface area contributed by atoms with Crippen molar-refractivity contribution in [3.05, 3.63) is 84.4 Å². The van der Waals surface area contributed by atoms with Crippen molar-refractivity contribution in [2.75, 3.05) is 7.11 Å². The topological polar surface area (TPSA) is 65.1 Å². The van der Waals surface area contributed by atoms with E-state index in [1.54, 1.807) is 19.5 Å². The van der Waals surface area contributed by atoms with Crippen molar-refractivity contribution in [1.29, 1.82) is 0 Å². The fourth-order valence-corrected chi connectivity index (χ4v) is 4.02. The van der Waals surface area contributed by atoms with Gasteiger partial charge in [0.05, 0.1) is 19.3 Å². The van der Waals surface area contributed by atoms with Gasteiger partial charge in [-0.3, -0.25) is 4.57 Å². The van der Waals surface area contributed by atoms with E-state index in [0.29, 0.717) is 6.42 Å². The number of aromatic nitrogens is 4. The molecule has 5 rings (SSSR count). The number of hydrogen-bond donors (Lipinski definition) is 1. The lowest BCUT2D eigenvalue weighted by Crippen LogP contribution is -2.21. The summed E-state index contributed by atoms with van der Waals surface area (Å²) in [5.74, 6) is 2.26. The van der Waals surface area contributed by atoms with E-state index < -0.39 is 6.10 Å². The predicted molar refractivity (Wildman–Crippen MR) is 106 cm³/mol. The van der Waals surface area contributed by atoms with E-state index in [4.69, 9.17) is 4.74 Å². The van der Waals surface area contributed by atoms with Gasteiger partial charge < -0.3 is 14.4 Å². The Bertz CT molecular complexity index is 1110. The highest BCUT2D eigenvalue weighted by molar-refractivity contribution is 5.53. The van der Waals surface area contributed by atoms with Crippen LogP contribution in [-0.4, -0.2) is 37.4 Å². The molecule has 0 amide bonds. The van der Waals surface area contributed by atoms with Gasteiger partial charge in [-0.1, -0.05) is 24.3 Å². The maximum atomic E-state index is 10.8. The third-order valence-corrected chi connectivity index (χ3v) is 5.33. The normalized spacial score (nSPS) is 18.2. The van der Waals surface area contributed by atoms with Gasteiger partial charge in [0.1, 0.15) is 5.75 Å². The Hall–Kier alpha value is -3.38. The number of aliphatic hydroxyl groups excluding tert-OH is 1. The molecule has 0 saturated carbocycles. The van der Waals surface area contributed by atoms with Crippen molar-refractivity contribution in [3.8, 4) is 23.1 Å². The Morgan fingerprint density at radius 3 is 2.54 bits per heavy atom. The van der Waals surface area contributed by atoms with Crippen LogP contribution in [0, 0.1) is 0 Å². The van der Waals surface area contributed by atoms with Crippen LogP contribution in [0.3, 0.4) is 0 Å². The lowest BCUT2D eigenvalue weighted by Gasteiger charge is -2.20. The van der Waals surface area contributed by atoms with Crippen LogP contribution >= 0.6 is 0 Å². The van der Waals surface area contributed by atoms with Crippen molar-refractivity contribution in [2.45, 2.75) is 18.6 Å². The first-order valence-corrected chi connectivity index (χ1v) is 9.23. The summed E-state index contributed by atoms with van der Waals surface area (Å²) in [6.07, 6.45) is 7.50. The van der Waals surface area contributed by atoms with Crippen molar-refractivity contribution in [1.82, 2.24) is 19.1 Å². The van der Waals surface area contributed by atoms with Crippen LogP contribution in [0.2, 0.25) is 0 Å². The van der Waals surface area contributed by atoms with E-state index in [-0.39, 0.29) is 6.04 Å².